The number of nitriles is 1. The van der Waals surface area contributed by atoms with Gasteiger partial charge in [-0.2, -0.15) is 5.26 Å². The Balaban J connectivity index is 2.38. The molecular formula is C13H8Cl2N2O. The van der Waals surface area contributed by atoms with E-state index >= 15 is 0 Å². The monoisotopic (exact) mass is 278 g/mol. The van der Waals surface area contributed by atoms with Crippen LogP contribution in [0.1, 0.15) is 11.1 Å². The van der Waals surface area contributed by atoms with E-state index in [-0.39, 0.29) is 10.9 Å². The summed E-state index contributed by atoms with van der Waals surface area (Å²) in [6.07, 6.45) is 1.48. The molecule has 0 atom stereocenters. The van der Waals surface area contributed by atoms with Crippen molar-refractivity contribution in [1.29, 1.82) is 5.26 Å². The molecule has 18 heavy (non-hydrogen) atoms. The van der Waals surface area contributed by atoms with Gasteiger partial charge in [-0.15, -0.1) is 0 Å². The maximum absolute atomic E-state index is 8.86. The van der Waals surface area contributed by atoms with Crippen molar-refractivity contribution < 1.29 is 4.74 Å². The van der Waals surface area contributed by atoms with Crippen LogP contribution in [0.2, 0.25) is 10.0 Å². The summed E-state index contributed by atoms with van der Waals surface area (Å²) in [4.78, 5) is 4.01. The Morgan fingerprint density at radius 3 is 2.72 bits per heavy atom. The normalized spacial score (nSPS) is 9.89. The molecule has 0 amide bonds. The number of hydrogen-bond donors (Lipinski definition) is 0. The molecule has 0 N–H and O–H groups in total. The molecule has 90 valence electrons. The first-order valence-electron chi connectivity index (χ1n) is 5.10. The quantitative estimate of drug-likeness (QED) is 0.820. The van der Waals surface area contributed by atoms with Crippen molar-refractivity contribution in [3.63, 3.8) is 0 Å². The maximum atomic E-state index is 8.86. The number of pyridine rings is 1. The molecule has 0 saturated heterocycles. The molecule has 0 fully saturated rings. The molecule has 0 aliphatic rings. The Labute approximate surface area is 115 Å². The van der Waals surface area contributed by atoms with E-state index in [1.165, 1.54) is 12.3 Å². The molecule has 0 aliphatic heterocycles. The number of aryl methyl sites for hydroxylation is 1. The smallest absolute Gasteiger partial charge is 0.239 e. The van der Waals surface area contributed by atoms with E-state index in [0.29, 0.717) is 16.3 Å². The lowest BCUT2D eigenvalue weighted by molar-refractivity contribution is 0.459. The molecule has 2 rings (SSSR count). The third-order valence-corrected chi connectivity index (χ3v) is 2.92. The number of benzene rings is 1. The van der Waals surface area contributed by atoms with Crippen LogP contribution in [0, 0.1) is 18.3 Å². The molecule has 0 bridgehead atoms. The first kappa shape index (κ1) is 12.7. The minimum absolute atomic E-state index is 0.203. The minimum Gasteiger partial charge on any atom is -0.437 e. The van der Waals surface area contributed by atoms with Crippen LogP contribution in [0.4, 0.5) is 0 Å². The van der Waals surface area contributed by atoms with Gasteiger partial charge in [-0.1, -0.05) is 23.2 Å². The lowest BCUT2D eigenvalue weighted by Crippen LogP contribution is -1.92. The van der Waals surface area contributed by atoms with Gasteiger partial charge >= 0.3 is 0 Å². The number of aromatic nitrogens is 1. The van der Waals surface area contributed by atoms with Crippen molar-refractivity contribution in [2.75, 3.05) is 0 Å². The number of ether oxygens (including phenoxy) is 1. The molecule has 1 heterocycles. The molecule has 3 nitrogen and oxygen atoms in total. The highest BCUT2D eigenvalue weighted by Crippen LogP contribution is 2.31. The zero-order chi connectivity index (χ0) is 13.1. The van der Waals surface area contributed by atoms with Crippen molar-refractivity contribution >= 4 is 23.2 Å². The molecule has 0 radical (unpaired) electrons. The summed E-state index contributed by atoms with van der Waals surface area (Å²) in [6.45, 7) is 1.86. The van der Waals surface area contributed by atoms with E-state index < -0.39 is 0 Å². The Kier molecular flexibility index (Phi) is 3.71. The third-order valence-electron chi connectivity index (χ3n) is 2.32. The van der Waals surface area contributed by atoms with E-state index in [1.54, 1.807) is 18.2 Å². The van der Waals surface area contributed by atoms with Crippen molar-refractivity contribution in [3.05, 3.63) is 51.6 Å². The first-order valence-corrected chi connectivity index (χ1v) is 5.86. The molecule has 1 aromatic carbocycles. The predicted octanol–water partition coefficient (Wildman–Crippen LogP) is 4.36. The van der Waals surface area contributed by atoms with Gasteiger partial charge in [0, 0.05) is 11.2 Å². The van der Waals surface area contributed by atoms with Crippen molar-refractivity contribution in [1.82, 2.24) is 4.98 Å². The summed E-state index contributed by atoms with van der Waals surface area (Å²) in [5, 5.41) is 9.70. The van der Waals surface area contributed by atoms with Crippen LogP contribution in [0.15, 0.2) is 30.5 Å². The lowest BCUT2D eigenvalue weighted by Gasteiger charge is -2.09. The first-order chi connectivity index (χ1) is 8.61. The average molecular weight is 279 g/mol. The van der Waals surface area contributed by atoms with Crippen molar-refractivity contribution in [2.45, 2.75) is 6.92 Å². The van der Waals surface area contributed by atoms with Gasteiger partial charge in [-0.05, 0) is 36.8 Å². The van der Waals surface area contributed by atoms with E-state index in [0.717, 1.165) is 5.56 Å². The average Bonchev–Trinajstić information content (AvgIpc) is 2.35. The number of halogens is 2. The predicted molar refractivity (Wildman–Crippen MR) is 70.2 cm³/mol. The van der Waals surface area contributed by atoms with Gasteiger partial charge in [0.2, 0.25) is 5.88 Å². The summed E-state index contributed by atoms with van der Waals surface area (Å²) >= 11 is 11.9. The standard InChI is InChI=1S/C13H8Cl2N2O/c1-8-6-10(14)2-3-11(8)18-13-12(15)9(7-16)4-5-17-13/h2-6H,1H3. The molecule has 0 spiro atoms. The van der Waals surface area contributed by atoms with Gasteiger partial charge in [0.25, 0.3) is 0 Å². The summed E-state index contributed by atoms with van der Waals surface area (Å²) in [5.74, 6) is 0.810. The second-order valence-corrected chi connectivity index (χ2v) is 4.42. The molecule has 2 aromatic rings. The molecule has 0 saturated carbocycles. The van der Waals surface area contributed by atoms with Gasteiger partial charge in [0.05, 0.1) is 5.56 Å². The van der Waals surface area contributed by atoms with Crippen LogP contribution in [0.25, 0.3) is 0 Å². The number of rotatable bonds is 2. The molecule has 5 heteroatoms. The Hall–Kier alpha value is -1.76. The van der Waals surface area contributed by atoms with E-state index in [2.05, 4.69) is 4.98 Å². The Morgan fingerprint density at radius 1 is 1.28 bits per heavy atom. The molecule has 0 unspecified atom stereocenters. The topological polar surface area (TPSA) is 45.9 Å². The van der Waals surface area contributed by atoms with E-state index in [4.69, 9.17) is 33.2 Å². The summed E-state index contributed by atoms with van der Waals surface area (Å²) < 4.78 is 5.58. The highest BCUT2D eigenvalue weighted by Gasteiger charge is 2.10. The van der Waals surface area contributed by atoms with Gasteiger partial charge in [-0.3, -0.25) is 0 Å². The van der Waals surface area contributed by atoms with Gasteiger partial charge in [0.15, 0.2) is 0 Å². The van der Waals surface area contributed by atoms with Crippen LogP contribution < -0.4 is 4.74 Å². The number of hydrogen-bond acceptors (Lipinski definition) is 3. The minimum atomic E-state index is 0.203. The SMILES string of the molecule is Cc1cc(Cl)ccc1Oc1nccc(C#N)c1Cl. The summed E-state index contributed by atoms with van der Waals surface area (Å²) in [7, 11) is 0. The fourth-order valence-corrected chi connectivity index (χ4v) is 1.83. The van der Waals surface area contributed by atoms with E-state index in [1.807, 2.05) is 13.0 Å². The largest absolute Gasteiger partial charge is 0.437 e. The zero-order valence-electron chi connectivity index (χ0n) is 9.45. The maximum Gasteiger partial charge on any atom is 0.239 e. The molecular weight excluding hydrogens is 271 g/mol. The van der Waals surface area contributed by atoms with Crippen LogP contribution in [-0.4, -0.2) is 4.98 Å². The van der Waals surface area contributed by atoms with Crippen LogP contribution in [0.3, 0.4) is 0 Å². The second-order valence-electron chi connectivity index (χ2n) is 3.60. The molecule has 1 aromatic heterocycles. The van der Waals surface area contributed by atoms with Crippen LogP contribution in [-0.2, 0) is 0 Å². The van der Waals surface area contributed by atoms with Gasteiger partial charge in [0.1, 0.15) is 16.8 Å². The third kappa shape index (κ3) is 2.56. The fraction of sp³-hybridized carbons (Fsp3) is 0.0769. The van der Waals surface area contributed by atoms with E-state index in [9.17, 15) is 0 Å². The van der Waals surface area contributed by atoms with Crippen molar-refractivity contribution in [3.8, 4) is 17.7 Å². The highest BCUT2D eigenvalue weighted by molar-refractivity contribution is 6.33. The van der Waals surface area contributed by atoms with Crippen molar-refractivity contribution in [2.24, 2.45) is 0 Å². The Bertz CT molecular complexity index is 635. The lowest BCUT2D eigenvalue weighted by atomic mass is 10.2. The second kappa shape index (κ2) is 5.26. The summed E-state index contributed by atoms with van der Waals surface area (Å²) in [6, 6.07) is 8.73. The highest BCUT2D eigenvalue weighted by atomic mass is 35.5. The van der Waals surface area contributed by atoms with Gasteiger partial charge in [-0.25, -0.2) is 4.98 Å². The number of nitrogens with zero attached hydrogens (tertiary/aromatic N) is 2. The van der Waals surface area contributed by atoms with Gasteiger partial charge < -0.3 is 4.74 Å². The fourth-order valence-electron chi connectivity index (χ4n) is 1.41. The Morgan fingerprint density at radius 2 is 2.06 bits per heavy atom. The van der Waals surface area contributed by atoms with Crippen LogP contribution >= 0.6 is 23.2 Å². The molecule has 0 aliphatic carbocycles. The zero-order valence-corrected chi connectivity index (χ0v) is 11.0. The van der Waals surface area contributed by atoms with Crippen LogP contribution in [0.5, 0.6) is 11.6 Å². The summed E-state index contributed by atoms with van der Waals surface area (Å²) in [5.41, 5.74) is 1.19.